The van der Waals surface area contributed by atoms with Crippen LogP contribution in [0, 0.1) is 13.8 Å². The Labute approximate surface area is 157 Å². The normalized spacial score (nSPS) is 20.7. The number of aryl methyl sites for hydroxylation is 2. The van der Waals surface area contributed by atoms with Crippen LogP contribution in [0.1, 0.15) is 40.2 Å². The van der Waals surface area contributed by atoms with Gasteiger partial charge in [-0.1, -0.05) is 30.3 Å². The Kier molecular flexibility index (Phi) is 5.10. The molecule has 1 aromatic carbocycles. The molecule has 0 saturated carbocycles. The maximum atomic E-state index is 6.21. The third-order valence-corrected chi connectivity index (χ3v) is 5.72. The molecule has 0 unspecified atom stereocenters. The summed E-state index contributed by atoms with van der Waals surface area (Å²) in [6.07, 6.45) is 1.08. The van der Waals surface area contributed by atoms with Gasteiger partial charge in [-0.3, -0.25) is 10.00 Å². The van der Waals surface area contributed by atoms with Crippen molar-refractivity contribution in [1.29, 1.82) is 0 Å². The van der Waals surface area contributed by atoms with Crippen LogP contribution < -0.4 is 0 Å². The van der Waals surface area contributed by atoms with Gasteiger partial charge in [-0.05, 0) is 25.8 Å². The van der Waals surface area contributed by atoms with Crippen LogP contribution >= 0.6 is 11.3 Å². The second-order valence-corrected chi connectivity index (χ2v) is 7.68. The van der Waals surface area contributed by atoms with E-state index in [-0.39, 0.29) is 12.1 Å². The fourth-order valence-electron chi connectivity index (χ4n) is 3.39. The van der Waals surface area contributed by atoms with E-state index >= 15 is 0 Å². The molecule has 1 saturated heterocycles. The summed E-state index contributed by atoms with van der Waals surface area (Å²) < 4.78 is 6.21. The molecule has 7 heteroatoms. The molecule has 26 heavy (non-hydrogen) atoms. The van der Waals surface area contributed by atoms with Gasteiger partial charge in [-0.25, -0.2) is 9.97 Å². The molecule has 136 valence electrons. The van der Waals surface area contributed by atoms with Gasteiger partial charge in [0.05, 0.1) is 30.0 Å². The van der Waals surface area contributed by atoms with Crippen molar-refractivity contribution in [3.05, 3.63) is 63.6 Å². The van der Waals surface area contributed by atoms with Crippen molar-refractivity contribution in [2.75, 3.05) is 6.54 Å². The lowest BCUT2D eigenvalue weighted by Crippen LogP contribution is -2.25. The maximum Gasteiger partial charge on any atom is 0.167 e. The minimum absolute atomic E-state index is 0.169. The van der Waals surface area contributed by atoms with Crippen molar-refractivity contribution in [2.24, 2.45) is 0 Å². The molecular formula is C19H23N5OS. The van der Waals surface area contributed by atoms with E-state index in [0.717, 1.165) is 36.9 Å². The number of likely N-dealkylation sites (tertiary alicyclic amines) is 1. The number of thiazole rings is 1. The van der Waals surface area contributed by atoms with Gasteiger partial charge in [0.25, 0.3) is 0 Å². The molecule has 1 N–H and O–H groups in total. The molecular weight excluding hydrogens is 346 g/mol. The van der Waals surface area contributed by atoms with E-state index in [4.69, 9.17) is 4.74 Å². The van der Waals surface area contributed by atoms with Gasteiger partial charge in [0, 0.05) is 18.0 Å². The maximum absolute atomic E-state index is 6.21. The highest BCUT2D eigenvalue weighted by Gasteiger charge is 2.36. The van der Waals surface area contributed by atoms with Gasteiger partial charge in [0.15, 0.2) is 5.82 Å². The standard InChI is InChI=1S/C19H23N5OS/c1-13-18(26-12-20-13)10-24-9-16(25-11-15-6-4-3-5-7-15)8-17(24)19-21-14(2)22-23-19/h3-7,12,16-17H,8-11H2,1-2H3,(H,21,22,23)/t16-,17-/m0/s1. The Morgan fingerprint density at radius 2 is 2.12 bits per heavy atom. The minimum atomic E-state index is 0.169. The first-order chi connectivity index (χ1) is 12.7. The summed E-state index contributed by atoms with van der Waals surface area (Å²) in [5, 5.41) is 7.38. The fraction of sp³-hybridized carbons (Fsp3) is 0.421. The highest BCUT2D eigenvalue weighted by atomic mass is 32.1. The molecule has 1 fully saturated rings. The van der Waals surface area contributed by atoms with E-state index in [1.165, 1.54) is 10.4 Å². The molecule has 2 atom stereocenters. The first-order valence-electron chi connectivity index (χ1n) is 8.86. The summed E-state index contributed by atoms with van der Waals surface area (Å²) in [6, 6.07) is 10.5. The van der Waals surface area contributed by atoms with Crippen molar-refractivity contribution in [3.63, 3.8) is 0 Å². The third kappa shape index (κ3) is 3.85. The zero-order valence-corrected chi connectivity index (χ0v) is 15.9. The first kappa shape index (κ1) is 17.3. The zero-order valence-electron chi connectivity index (χ0n) is 15.1. The number of ether oxygens (including phenoxy) is 1. The van der Waals surface area contributed by atoms with E-state index < -0.39 is 0 Å². The molecule has 0 amide bonds. The predicted octanol–water partition coefficient (Wildman–Crippen LogP) is 3.41. The molecule has 0 aliphatic carbocycles. The van der Waals surface area contributed by atoms with E-state index in [0.29, 0.717) is 6.61 Å². The predicted molar refractivity (Wildman–Crippen MR) is 101 cm³/mol. The van der Waals surface area contributed by atoms with Crippen molar-refractivity contribution >= 4 is 11.3 Å². The topological polar surface area (TPSA) is 66.9 Å². The van der Waals surface area contributed by atoms with Gasteiger partial charge in [0.2, 0.25) is 0 Å². The summed E-state index contributed by atoms with van der Waals surface area (Å²) in [4.78, 5) is 12.7. The average molecular weight is 369 g/mol. The molecule has 4 rings (SSSR count). The van der Waals surface area contributed by atoms with Crippen LogP contribution in [0.2, 0.25) is 0 Å². The Hall–Kier alpha value is -2.09. The van der Waals surface area contributed by atoms with Crippen molar-refractivity contribution < 1.29 is 4.74 Å². The molecule has 3 aromatic rings. The minimum Gasteiger partial charge on any atom is -0.372 e. The van der Waals surface area contributed by atoms with Crippen LogP contribution in [0.4, 0.5) is 0 Å². The number of benzene rings is 1. The number of aromatic nitrogens is 4. The largest absolute Gasteiger partial charge is 0.372 e. The van der Waals surface area contributed by atoms with Gasteiger partial charge in [0.1, 0.15) is 5.82 Å². The lowest BCUT2D eigenvalue weighted by Gasteiger charge is -2.21. The lowest BCUT2D eigenvalue weighted by atomic mass is 10.2. The zero-order chi connectivity index (χ0) is 17.9. The number of nitrogens with zero attached hydrogens (tertiary/aromatic N) is 4. The van der Waals surface area contributed by atoms with Crippen LogP contribution in [0.5, 0.6) is 0 Å². The van der Waals surface area contributed by atoms with Gasteiger partial charge in [-0.15, -0.1) is 11.3 Å². The van der Waals surface area contributed by atoms with Gasteiger partial charge in [-0.2, -0.15) is 5.10 Å². The van der Waals surface area contributed by atoms with E-state index in [1.54, 1.807) is 11.3 Å². The van der Waals surface area contributed by atoms with E-state index in [9.17, 15) is 0 Å². The van der Waals surface area contributed by atoms with Crippen LogP contribution in [0.25, 0.3) is 0 Å². The average Bonchev–Trinajstić information content (AvgIpc) is 3.36. The van der Waals surface area contributed by atoms with Crippen molar-refractivity contribution in [3.8, 4) is 0 Å². The highest BCUT2D eigenvalue weighted by Crippen LogP contribution is 2.34. The SMILES string of the molecule is Cc1nc([C@@H]2C[C@H](OCc3ccccc3)CN2Cc2scnc2C)n[nH]1. The summed E-state index contributed by atoms with van der Waals surface area (Å²) in [5.41, 5.74) is 4.22. The molecule has 0 bridgehead atoms. The smallest absolute Gasteiger partial charge is 0.167 e. The summed E-state index contributed by atoms with van der Waals surface area (Å²) in [5.74, 6) is 1.71. The summed E-state index contributed by atoms with van der Waals surface area (Å²) in [6.45, 7) is 6.38. The monoisotopic (exact) mass is 369 g/mol. The molecule has 2 aromatic heterocycles. The lowest BCUT2D eigenvalue weighted by molar-refractivity contribution is 0.0462. The fourth-order valence-corrected chi connectivity index (χ4v) is 4.19. The number of hydrogen-bond acceptors (Lipinski definition) is 6. The second kappa shape index (κ2) is 7.65. The van der Waals surface area contributed by atoms with Gasteiger partial charge >= 0.3 is 0 Å². The highest BCUT2D eigenvalue weighted by molar-refractivity contribution is 7.09. The van der Waals surface area contributed by atoms with Crippen LogP contribution in [0.3, 0.4) is 0 Å². The number of rotatable bonds is 6. The van der Waals surface area contributed by atoms with E-state index in [2.05, 4.69) is 44.1 Å². The molecule has 0 spiro atoms. The third-order valence-electron chi connectivity index (χ3n) is 4.80. The number of H-pyrrole nitrogens is 1. The number of nitrogens with one attached hydrogen (secondary N) is 1. The molecule has 1 aliphatic heterocycles. The second-order valence-electron chi connectivity index (χ2n) is 6.74. The molecule has 1 aliphatic rings. The van der Waals surface area contributed by atoms with Crippen molar-refractivity contribution in [2.45, 2.75) is 45.6 Å². The van der Waals surface area contributed by atoms with Crippen LogP contribution in [-0.4, -0.2) is 37.7 Å². The Morgan fingerprint density at radius 3 is 2.81 bits per heavy atom. The van der Waals surface area contributed by atoms with Crippen molar-refractivity contribution in [1.82, 2.24) is 25.1 Å². The Balaban J connectivity index is 1.47. The quantitative estimate of drug-likeness (QED) is 0.721. The Morgan fingerprint density at radius 1 is 1.27 bits per heavy atom. The molecule has 6 nitrogen and oxygen atoms in total. The number of aromatic amines is 1. The summed E-state index contributed by atoms with van der Waals surface area (Å²) >= 11 is 1.71. The first-order valence-corrected chi connectivity index (χ1v) is 9.74. The van der Waals surface area contributed by atoms with Gasteiger partial charge < -0.3 is 4.74 Å². The van der Waals surface area contributed by atoms with Crippen LogP contribution in [0.15, 0.2) is 35.8 Å². The van der Waals surface area contributed by atoms with Crippen LogP contribution in [-0.2, 0) is 17.9 Å². The molecule has 3 heterocycles. The Bertz CT molecular complexity index is 847. The van der Waals surface area contributed by atoms with E-state index in [1.807, 2.05) is 30.6 Å². The number of hydrogen-bond donors (Lipinski definition) is 1. The summed E-state index contributed by atoms with van der Waals surface area (Å²) in [7, 11) is 0. The molecule has 0 radical (unpaired) electrons.